The number of hydrogen-bond acceptors (Lipinski definition) is 9. The topological polar surface area (TPSA) is 168 Å². The lowest BCUT2D eigenvalue weighted by molar-refractivity contribution is -0.136. The summed E-state index contributed by atoms with van der Waals surface area (Å²) in [6.45, 7) is 10.1. The van der Waals surface area contributed by atoms with Gasteiger partial charge in [-0.15, -0.1) is 5.10 Å². The van der Waals surface area contributed by atoms with Gasteiger partial charge < -0.3 is 10.6 Å². The first-order valence-corrected chi connectivity index (χ1v) is 14.4. The third-order valence-corrected chi connectivity index (χ3v) is 7.58. The Kier molecular flexibility index (Phi) is 8.50. The van der Waals surface area contributed by atoms with Gasteiger partial charge in [0, 0.05) is 12.1 Å². The zero-order chi connectivity index (χ0) is 31.6. The molecule has 5 amide bonds. The quantitative estimate of drug-likeness (QED) is 0.180. The molecule has 3 heterocycles. The summed E-state index contributed by atoms with van der Waals surface area (Å²) in [6.07, 6.45) is 2.70. The van der Waals surface area contributed by atoms with E-state index < -0.39 is 29.7 Å². The molecule has 13 nitrogen and oxygen atoms in total. The van der Waals surface area contributed by atoms with Crippen molar-refractivity contribution in [2.24, 2.45) is 0 Å². The molecule has 2 aliphatic heterocycles. The van der Waals surface area contributed by atoms with Gasteiger partial charge in [-0.2, -0.15) is 0 Å². The van der Waals surface area contributed by atoms with Crippen molar-refractivity contribution in [3.05, 3.63) is 83.2 Å². The van der Waals surface area contributed by atoms with Crippen LogP contribution in [0.15, 0.2) is 55.1 Å². The van der Waals surface area contributed by atoms with Crippen molar-refractivity contribution in [1.29, 1.82) is 0 Å². The highest BCUT2D eigenvalue weighted by molar-refractivity contribution is 6.23. The third-order valence-electron chi connectivity index (χ3n) is 7.58. The summed E-state index contributed by atoms with van der Waals surface area (Å²) in [5, 5.41) is 21.0. The van der Waals surface area contributed by atoms with Crippen molar-refractivity contribution in [3.63, 3.8) is 0 Å². The molecule has 5 rings (SSSR count). The van der Waals surface area contributed by atoms with Gasteiger partial charge in [-0.05, 0) is 98.5 Å². The maximum Gasteiger partial charge on any atom is 0.262 e. The van der Waals surface area contributed by atoms with Crippen molar-refractivity contribution < 1.29 is 24.0 Å². The Balaban J connectivity index is 1.28. The molecule has 0 saturated carbocycles. The van der Waals surface area contributed by atoms with Crippen LogP contribution in [0.3, 0.4) is 0 Å². The van der Waals surface area contributed by atoms with Crippen LogP contribution < -0.4 is 16.0 Å². The van der Waals surface area contributed by atoms with Gasteiger partial charge in [0.25, 0.3) is 11.8 Å². The van der Waals surface area contributed by atoms with E-state index in [1.165, 1.54) is 6.08 Å². The van der Waals surface area contributed by atoms with Crippen molar-refractivity contribution in [3.8, 4) is 0 Å². The SMILES string of the molecule is C=CC(=O)Nc1ccc(C(NCCCc2ccc3c(c2)C(=O)N(C2CCC(=O)NC2=O)C3=O)c2nnnn2C(C)(C)C)cc1. The van der Waals surface area contributed by atoms with Gasteiger partial charge in [-0.25, -0.2) is 4.68 Å². The number of nitrogens with one attached hydrogen (secondary N) is 3. The molecule has 1 fully saturated rings. The summed E-state index contributed by atoms with van der Waals surface area (Å²) in [5.74, 6) is -1.76. The number of piperidine rings is 1. The largest absolute Gasteiger partial charge is 0.323 e. The van der Waals surface area contributed by atoms with Crippen LogP contribution in [0.1, 0.15) is 83.7 Å². The Labute approximate surface area is 254 Å². The first-order valence-electron chi connectivity index (χ1n) is 14.4. The van der Waals surface area contributed by atoms with Crippen LogP contribution in [0, 0.1) is 0 Å². The minimum atomic E-state index is -0.998. The first kappa shape index (κ1) is 30.4. The smallest absolute Gasteiger partial charge is 0.262 e. The maximum atomic E-state index is 13.2. The highest BCUT2D eigenvalue weighted by Crippen LogP contribution is 2.29. The molecule has 1 saturated heterocycles. The van der Waals surface area contributed by atoms with E-state index in [4.69, 9.17) is 0 Å². The summed E-state index contributed by atoms with van der Waals surface area (Å²) in [4.78, 5) is 62.7. The fourth-order valence-electron chi connectivity index (χ4n) is 5.37. The molecule has 1 aromatic heterocycles. The Morgan fingerprint density at radius 1 is 1.09 bits per heavy atom. The molecule has 2 aromatic carbocycles. The second kappa shape index (κ2) is 12.3. The van der Waals surface area contributed by atoms with Crippen LogP contribution in [-0.2, 0) is 26.3 Å². The second-order valence-electron chi connectivity index (χ2n) is 11.8. The van der Waals surface area contributed by atoms with Crippen LogP contribution in [0.25, 0.3) is 0 Å². The molecular weight excluding hydrogens is 564 g/mol. The minimum absolute atomic E-state index is 0.0706. The number of nitrogens with zero attached hydrogens (tertiary/aromatic N) is 5. The number of aromatic nitrogens is 4. The fourth-order valence-corrected chi connectivity index (χ4v) is 5.37. The van der Waals surface area contributed by atoms with E-state index in [0.717, 1.165) is 16.0 Å². The van der Waals surface area contributed by atoms with Crippen molar-refractivity contribution in [2.45, 2.75) is 64.1 Å². The summed E-state index contributed by atoms with van der Waals surface area (Å²) in [6, 6.07) is 11.2. The number of carbonyl (C=O) groups excluding carboxylic acids is 5. The molecule has 3 aromatic rings. The molecule has 0 spiro atoms. The van der Waals surface area contributed by atoms with Crippen molar-refractivity contribution in [2.75, 3.05) is 11.9 Å². The Morgan fingerprint density at radius 2 is 1.82 bits per heavy atom. The molecule has 0 aliphatic carbocycles. The molecule has 0 radical (unpaired) electrons. The highest BCUT2D eigenvalue weighted by Gasteiger charge is 2.44. The molecule has 13 heteroatoms. The lowest BCUT2D eigenvalue weighted by Crippen LogP contribution is -2.54. The van der Waals surface area contributed by atoms with Crippen LogP contribution >= 0.6 is 0 Å². The Bertz CT molecular complexity index is 1640. The number of fused-ring (bicyclic) bond motifs is 1. The number of anilines is 1. The summed E-state index contributed by atoms with van der Waals surface area (Å²) in [7, 11) is 0. The van der Waals surface area contributed by atoms with Gasteiger partial charge in [0.1, 0.15) is 6.04 Å². The maximum absolute atomic E-state index is 13.2. The number of benzene rings is 2. The highest BCUT2D eigenvalue weighted by atomic mass is 16.2. The number of imide groups is 2. The van der Waals surface area contributed by atoms with E-state index in [-0.39, 0.29) is 41.5 Å². The number of aryl methyl sites for hydroxylation is 1. The van der Waals surface area contributed by atoms with E-state index in [1.807, 2.05) is 39.0 Å². The van der Waals surface area contributed by atoms with Crippen molar-refractivity contribution in [1.82, 2.24) is 35.7 Å². The number of amides is 5. The van der Waals surface area contributed by atoms with Gasteiger partial charge in [0.2, 0.25) is 17.7 Å². The predicted molar refractivity (Wildman–Crippen MR) is 159 cm³/mol. The van der Waals surface area contributed by atoms with E-state index in [1.54, 1.807) is 28.9 Å². The zero-order valence-corrected chi connectivity index (χ0v) is 24.8. The average molecular weight is 599 g/mol. The zero-order valence-electron chi connectivity index (χ0n) is 24.8. The molecule has 44 heavy (non-hydrogen) atoms. The summed E-state index contributed by atoms with van der Waals surface area (Å²) < 4.78 is 1.77. The van der Waals surface area contributed by atoms with Gasteiger partial charge in [-0.1, -0.05) is 24.8 Å². The molecule has 3 N–H and O–H groups in total. The number of tetrazole rings is 1. The monoisotopic (exact) mass is 598 g/mol. The lowest BCUT2D eigenvalue weighted by Gasteiger charge is -2.27. The van der Waals surface area contributed by atoms with E-state index in [2.05, 4.69) is 38.1 Å². The number of rotatable bonds is 10. The van der Waals surface area contributed by atoms with Crippen LogP contribution in [0.5, 0.6) is 0 Å². The van der Waals surface area contributed by atoms with Crippen LogP contribution in [-0.4, -0.2) is 67.2 Å². The molecule has 2 unspecified atom stereocenters. The summed E-state index contributed by atoms with van der Waals surface area (Å²) >= 11 is 0. The predicted octanol–water partition coefficient (Wildman–Crippen LogP) is 2.27. The number of carbonyl (C=O) groups is 5. The standard InChI is InChI=1S/C31H34N8O5/c1-5-24(40)33-20-11-9-19(10-12-20)26(27-35-36-37-39(27)31(2,3)4)32-16-6-7-18-8-13-21-22(17-18)30(44)38(29(21)43)23-14-15-25(41)34-28(23)42/h5,8-13,17,23,26,32H,1,6-7,14-16H2,2-4H3,(H,33,40)(H,34,41,42). The molecule has 0 bridgehead atoms. The lowest BCUT2D eigenvalue weighted by atomic mass is 10.0. The Hall–Kier alpha value is -5.04. The van der Waals surface area contributed by atoms with Crippen molar-refractivity contribution >= 4 is 35.2 Å². The molecule has 228 valence electrons. The summed E-state index contributed by atoms with van der Waals surface area (Å²) in [5.41, 5.74) is 2.55. The first-order chi connectivity index (χ1) is 21.0. The average Bonchev–Trinajstić information content (AvgIpc) is 3.57. The molecular formula is C31H34N8O5. The Morgan fingerprint density at radius 3 is 2.50 bits per heavy atom. The molecule has 2 atom stereocenters. The van der Waals surface area contributed by atoms with E-state index >= 15 is 0 Å². The van der Waals surface area contributed by atoms with Gasteiger partial charge in [-0.3, -0.25) is 34.2 Å². The molecule has 2 aliphatic rings. The van der Waals surface area contributed by atoms with E-state index in [0.29, 0.717) is 30.9 Å². The minimum Gasteiger partial charge on any atom is -0.323 e. The van der Waals surface area contributed by atoms with Gasteiger partial charge >= 0.3 is 0 Å². The van der Waals surface area contributed by atoms with Crippen LogP contribution in [0.2, 0.25) is 0 Å². The van der Waals surface area contributed by atoms with E-state index in [9.17, 15) is 24.0 Å². The van der Waals surface area contributed by atoms with Crippen LogP contribution in [0.4, 0.5) is 5.69 Å². The van der Waals surface area contributed by atoms with Gasteiger partial charge in [0.15, 0.2) is 5.82 Å². The normalized spacial score (nSPS) is 17.3. The second-order valence-corrected chi connectivity index (χ2v) is 11.8. The third kappa shape index (κ3) is 6.18. The number of hydrogen-bond donors (Lipinski definition) is 3. The fraction of sp³-hybridized carbons (Fsp3) is 0.355. The van der Waals surface area contributed by atoms with Gasteiger partial charge in [0.05, 0.1) is 22.7 Å².